The number of nitrogens with zero attached hydrogens (tertiary/aromatic N) is 1. The van der Waals surface area contributed by atoms with E-state index in [1.54, 1.807) is 12.1 Å². The fourth-order valence-corrected chi connectivity index (χ4v) is 1.19. The minimum absolute atomic E-state index is 0.00419. The second-order valence-corrected chi connectivity index (χ2v) is 3.75. The van der Waals surface area contributed by atoms with Crippen molar-refractivity contribution >= 4 is 11.8 Å². The van der Waals surface area contributed by atoms with Crippen LogP contribution in [0.15, 0.2) is 18.2 Å². The average Bonchev–Trinajstić information content (AvgIpc) is 2.25. The van der Waals surface area contributed by atoms with E-state index < -0.39 is 5.97 Å². The van der Waals surface area contributed by atoms with Crippen molar-refractivity contribution in [2.75, 3.05) is 5.32 Å². The van der Waals surface area contributed by atoms with Gasteiger partial charge < -0.3 is 10.4 Å². The number of hydrogen-bond acceptors (Lipinski definition) is 3. The Labute approximate surface area is 94.7 Å². The molecule has 4 heteroatoms. The lowest BCUT2D eigenvalue weighted by Gasteiger charge is -2.17. The predicted molar refractivity (Wildman–Crippen MR) is 62.3 cm³/mol. The molecule has 0 aliphatic rings. The van der Waals surface area contributed by atoms with Crippen LogP contribution in [0.25, 0.3) is 0 Å². The van der Waals surface area contributed by atoms with Gasteiger partial charge in [-0.25, -0.2) is 9.78 Å². The van der Waals surface area contributed by atoms with Gasteiger partial charge in [0.05, 0.1) is 6.04 Å². The van der Waals surface area contributed by atoms with Crippen molar-refractivity contribution in [2.24, 2.45) is 5.92 Å². The van der Waals surface area contributed by atoms with Crippen LogP contribution in [0.2, 0.25) is 0 Å². The molecule has 1 unspecified atom stereocenters. The van der Waals surface area contributed by atoms with E-state index in [1.807, 2.05) is 13.8 Å². The van der Waals surface area contributed by atoms with E-state index in [4.69, 9.17) is 11.5 Å². The van der Waals surface area contributed by atoms with Crippen molar-refractivity contribution in [1.82, 2.24) is 4.98 Å². The summed E-state index contributed by atoms with van der Waals surface area (Å²) in [4.78, 5) is 14.6. The van der Waals surface area contributed by atoms with Crippen LogP contribution in [-0.2, 0) is 0 Å². The summed E-state index contributed by atoms with van der Waals surface area (Å²) < 4.78 is 0. The van der Waals surface area contributed by atoms with Crippen LogP contribution in [0.3, 0.4) is 0 Å². The monoisotopic (exact) mass is 218 g/mol. The van der Waals surface area contributed by atoms with E-state index >= 15 is 0 Å². The smallest absolute Gasteiger partial charge is 0.354 e. The molecule has 4 nitrogen and oxygen atoms in total. The zero-order chi connectivity index (χ0) is 12.1. The number of nitrogens with one attached hydrogen (secondary N) is 1. The molecule has 1 heterocycles. The molecule has 84 valence electrons. The molecule has 0 amide bonds. The third-order valence-electron chi connectivity index (χ3n) is 2.12. The molecular weight excluding hydrogens is 204 g/mol. The first-order chi connectivity index (χ1) is 7.54. The first-order valence-electron chi connectivity index (χ1n) is 4.97. The summed E-state index contributed by atoms with van der Waals surface area (Å²) in [6.07, 6.45) is 5.36. The number of terminal acetylenes is 1. The molecule has 16 heavy (non-hydrogen) atoms. The Balaban J connectivity index is 2.86. The number of aromatic nitrogens is 1. The number of carboxylic acid groups (broad SMARTS) is 1. The van der Waals surface area contributed by atoms with Gasteiger partial charge in [0.25, 0.3) is 0 Å². The summed E-state index contributed by atoms with van der Waals surface area (Å²) >= 11 is 0. The number of aromatic carboxylic acids is 1. The first kappa shape index (κ1) is 12.1. The molecular formula is C12H14N2O2. The molecule has 1 aromatic heterocycles. The molecule has 1 atom stereocenters. The lowest BCUT2D eigenvalue weighted by atomic mass is 10.1. The summed E-state index contributed by atoms with van der Waals surface area (Å²) in [5.74, 6) is 2.28. The van der Waals surface area contributed by atoms with Crippen LogP contribution >= 0.6 is 0 Å². The highest BCUT2D eigenvalue weighted by atomic mass is 16.4. The van der Waals surface area contributed by atoms with Crippen LogP contribution < -0.4 is 5.32 Å². The predicted octanol–water partition coefficient (Wildman–Crippen LogP) is 1.85. The number of carboxylic acids is 1. The summed E-state index contributed by atoms with van der Waals surface area (Å²) in [7, 11) is 0. The van der Waals surface area contributed by atoms with Gasteiger partial charge in [-0.05, 0) is 18.1 Å². The number of carbonyl (C=O) groups is 1. The standard InChI is InChI=1S/C12H14N2O2/c1-4-9(8(2)3)13-11-7-5-6-10(14-11)12(15)16/h1,5-9H,2-3H3,(H,13,14)(H,15,16). The highest BCUT2D eigenvalue weighted by Crippen LogP contribution is 2.10. The summed E-state index contributed by atoms with van der Waals surface area (Å²) in [5.41, 5.74) is 0.00419. The Kier molecular flexibility index (Phi) is 3.90. The Morgan fingerprint density at radius 1 is 1.56 bits per heavy atom. The van der Waals surface area contributed by atoms with Crippen LogP contribution in [-0.4, -0.2) is 22.1 Å². The highest BCUT2D eigenvalue weighted by molar-refractivity contribution is 5.85. The molecule has 1 aromatic rings. The van der Waals surface area contributed by atoms with Gasteiger partial charge in [0.15, 0.2) is 5.69 Å². The first-order valence-corrected chi connectivity index (χ1v) is 4.97. The number of anilines is 1. The van der Waals surface area contributed by atoms with Gasteiger partial charge in [-0.15, -0.1) is 6.42 Å². The number of rotatable bonds is 4. The Morgan fingerprint density at radius 3 is 2.75 bits per heavy atom. The SMILES string of the molecule is C#CC(Nc1cccc(C(=O)O)n1)C(C)C. The molecule has 1 rings (SSSR count). The lowest BCUT2D eigenvalue weighted by molar-refractivity contribution is 0.0690. The zero-order valence-electron chi connectivity index (χ0n) is 9.27. The molecule has 0 fully saturated rings. The van der Waals surface area contributed by atoms with E-state index in [0.717, 1.165) is 0 Å². The van der Waals surface area contributed by atoms with E-state index in [0.29, 0.717) is 5.82 Å². The van der Waals surface area contributed by atoms with Crippen molar-refractivity contribution in [1.29, 1.82) is 0 Å². The van der Waals surface area contributed by atoms with Crippen molar-refractivity contribution in [3.05, 3.63) is 23.9 Å². The third-order valence-corrected chi connectivity index (χ3v) is 2.12. The molecule has 0 aliphatic carbocycles. The Hall–Kier alpha value is -2.02. The molecule has 0 radical (unpaired) electrons. The van der Waals surface area contributed by atoms with Crippen LogP contribution in [0.4, 0.5) is 5.82 Å². The van der Waals surface area contributed by atoms with Crippen LogP contribution in [0, 0.1) is 18.3 Å². The van der Waals surface area contributed by atoms with E-state index in [-0.39, 0.29) is 17.7 Å². The summed E-state index contributed by atoms with van der Waals surface area (Å²) in [6.45, 7) is 3.97. The van der Waals surface area contributed by atoms with Gasteiger partial charge in [-0.3, -0.25) is 0 Å². The molecule has 0 saturated carbocycles. The third kappa shape index (κ3) is 2.99. The molecule has 0 saturated heterocycles. The number of hydrogen-bond donors (Lipinski definition) is 2. The second-order valence-electron chi connectivity index (χ2n) is 3.75. The van der Waals surface area contributed by atoms with Crippen LogP contribution in [0.1, 0.15) is 24.3 Å². The normalized spacial score (nSPS) is 11.9. The maximum absolute atomic E-state index is 10.7. The van der Waals surface area contributed by atoms with Gasteiger partial charge in [0.1, 0.15) is 5.82 Å². The fourth-order valence-electron chi connectivity index (χ4n) is 1.19. The minimum Gasteiger partial charge on any atom is -0.477 e. The van der Waals surface area contributed by atoms with Crippen molar-refractivity contribution in [2.45, 2.75) is 19.9 Å². The summed E-state index contributed by atoms with van der Waals surface area (Å²) in [5, 5.41) is 11.8. The average molecular weight is 218 g/mol. The van der Waals surface area contributed by atoms with Crippen molar-refractivity contribution < 1.29 is 9.90 Å². The quantitative estimate of drug-likeness (QED) is 0.757. The zero-order valence-corrected chi connectivity index (χ0v) is 9.27. The molecule has 0 bridgehead atoms. The van der Waals surface area contributed by atoms with Gasteiger partial charge in [-0.1, -0.05) is 25.8 Å². The minimum atomic E-state index is -1.05. The van der Waals surface area contributed by atoms with Crippen LogP contribution in [0.5, 0.6) is 0 Å². The highest BCUT2D eigenvalue weighted by Gasteiger charge is 2.11. The van der Waals surface area contributed by atoms with Gasteiger partial charge in [0.2, 0.25) is 0 Å². The molecule has 0 spiro atoms. The second kappa shape index (κ2) is 5.17. The van der Waals surface area contributed by atoms with Crippen molar-refractivity contribution in [3.63, 3.8) is 0 Å². The van der Waals surface area contributed by atoms with E-state index in [2.05, 4.69) is 16.2 Å². The summed E-state index contributed by atoms with van der Waals surface area (Å²) in [6, 6.07) is 4.61. The topological polar surface area (TPSA) is 62.2 Å². The van der Waals surface area contributed by atoms with Gasteiger partial charge >= 0.3 is 5.97 Å². The molecule has 0 aromatic carbocycles. The largest absolute Gasteiger partial charge is 0.477 e. The maximum Gasteiger partial charge on any atom is 0.354 e. The fraction of sp³-hybridized carbons (Fsp3) is 0.333. The van der Waals surface area contributed by atoms with Crippen molar-refractivity contribution in [3.8, 4) is 12.3 Å². The maximum atomic E-state index is 10.7. The molecule has 0 aliphatic heterocycles. The van der Waals surface area contributed by atoms with E-state index in [9.17, 15) is 4.79 Å². The van der Waals surface area contributed by atoms with E-state index in [1.165, 1.54) is 6.07 Å². The van der Waals surface area contributed by atoms with Gasteiger partial charge in [-0.2, -0.15) is 0 Å². The Bertz CT molecular complexity index is 421. The van der Waals surface area contributed by atoms with Gasteiger partial charge in [0, 0.05) is 0 Å². The lowest BCUT2D eigenvalue weighted by Crippen LogP contribution is -2.24. The molecule has 2 N–H and O–H groups in total. The number of pyridine rings is 1. The Morgan fingerprint density at radius 2 is 2.25 bits per heavy atom.